The third-order valence-electron chi connectivity index (χ3n) is 2.01. The summed E-state index contributed by atoms with van der Waals surface area (Å²) in [4.78, 5) is 0. The lowest BCUT2D eigenvalue weighted by atomic mass is 10.1. The van der Waals surface area contributed by atoms with Crippen LogP contribution >= 0.6 is 11.8 Å². The summed E-state index contributed by atoms with van der Waals surface area (Å²) in [6.45, 7) is 2.43. The summed E-state index contributed by atoms with van der Waals surface area (Å²) in [5, 5.41) is 0. The zero-order valence-electron chi connectivity index (χ0n) is 9.00. The van der Waals surface area contributed by atoms with E-state index in [0.717, 1.165) is 11.3 Å². The average Bonchev–Trinajstić information content (AvgIpc) is 2.20. The molecule has 84 valence electrons. The molecule has 0 saturated carbocycles. The van der Waals surface area contributed by atoms with Crippen molar-refractivity contribution in [2.45, 2.75) is 13.0 Å². The van der Waals surface area contributed by atoms with Crippen LogP contribution in [0.15, 0.2) is 18.2 Å². The van der Waals surface area contributed by atoms with Crippen LogP contribution in [0.4, 0.5) is 4.39 Å². The van der Waals surface area contributed by atoms with Gasteiger partial charge in [-0.25, -0.2) is 4.39 Å². The number of hydrogen-bond donors (Lipinski definition) is 1. The molecule has 0 aliphatic heterocycles. The van der Waals surface area contributed by atoms with Gasteiger partial charge in [-0.3, -0.25) is 0 Å². The van der Waals surface area contributed by atoms with Crippen molar-refractivity contribution >= 4 is 11.8 Å². The molecule has 1 rings (SSSR count). The first kappa shape index (κ1) is 12.3. The highest BCUT2D eigenvalue weighted by Gasteiger charge is 2.09. The van der Waals surface area contributed by atoms with Crippen LogP contribution in [0.1, 0.15) is 18.5 Å². The molecule has 0 aliphatic carbocycles. The predicted molar refractivity (Wildman–Crippen MR) is 62.9 cm³/mol. The number of ether oxygens (including phenoxy) is 1. The Balaban J connectivity index is 2.77. The number of nitrogens with two attached hydrogens (primary N) is 1. The fraction of sp³-hybridized carbons (Fsp3) is 0.455. The van der Waals surface area contributed by atoms with Crippen molar-refractivity contribution in [2.24, 2.45) is 5.73 Å². The Hall–Kier alpha value is -0.740. The highest BCUT2D eigenvalue weighted by atomic mass is 32.2. The summed E-state index contributed by atoms with van der Waals surface area (Å²) < 4.78 is 18.5. The van der Waals surface area contributed by atoms with E-state index in [1.807, 2.05) is 13.2 Å². The van der Waals surface area contributed by atoms with Gasteiger partial charge in [0.2, 0.25) is 0 Å². The van der Waals surface area contributed by atoms with E-state index >= 15 is 0 Å². The number of hydrogen-bond acceptors (Lipinski definition) is 3. The highest BCUT2D eigenvalue weighted by molar-refractivity contribution is 7.98. The van der Waals surface area contributed by atoms with E-state index in [0.29, 0.717) is 12.4 Å². The van der Waals surface area contributed by atoms with Crippen LogP contribution in [0.5, 0.6) is 5.75 Å². The second-order valence-corrected chi connectivity index (χ2v) is 4.30. The van der Waals surface area contributed by atoms with Crippen LogP contribution in [0.25, 0.3) is 0 Å². The molecule has 0 bridgehead atoms. The molecule has 0 heterocycles. The Morgan fingerprint density at radius 3 is 2.87 bits per heavy atom. The molecule has 0 spiro atoms. The zero-order valence-corrected chi connectivity index (χ0v) is 9.81. The lowest BCUT2D eigenvalue weighted by molar-refractivity contribution is 0.337. The van der Waals surface area contributed by atoms with Crippen LogP contribution in [0.3, 0.4) is 0 Å². The van der Waals surface area contributed by atoms with Crippen LogP contribution in [-0.4, -0.2) is 18.6 Å². The quantitative estimate of drug-likeness (QED) is 0.788. The summed E-state index contributed by atoms with van der Waals surface area (Å²) in [5.74, 6) is 1.32. The Labute approximate surface area is 94.0 Å². The molecule has 0 unspecified atom stereocenters. The average molecular weight is 229 g/mol. The fourth-order valence-corrected chi connectivity index (χ4v) is 1.49. The van der Waals surface area contributed by atoms with E-state index in [1.54, 1.807) is 17.8 Å². The number of halogens is 1. The Bertz CT molecular complexity index is 317. The molecule has 0 amide bonds. The van der Waals surface area contributed by atoms with Crippen molar-refractivity contribution in [3.8, 4) is 5.75 Å². The van der Waals surface area contributed by atoms with Gasteiger partial charge in [0.15, 0.2) is 0 Å². The molecule has 0 saturated heterocycles. The van der Waals surface area contributed by atoms with Crippen LogP contribution < -0.4 is 10.5 Å². The number of thioether (sulfide) groups is 1. The maximum absolute atomic E-state index is 13.0. The van der Waals surface area contributed by atoms with Gasteiger partial charge in [0.1, 0.15) is 11.6 Å². The molecule has 0 aromatic heterocycles. The molecule has 0 aliphatic rings. The molecule has 1 aromatic carbocycles. The van der Waals surface area contributed by atoms with Crippen molar-refractivity contribution in [1.82, 2.24) is 0 Å². The Kier molecular flexibility index (Phi) is 4.91. The first-order valence-corrected chi connectivity index (χ1v) is 6.21. The van der Waals surface area contributed by atoms with Crippen molar-refractivity contribution in [2.75, 3.05) is 18.6 Å². The van der Waals surface area contributed by atoms with E-state index in [4.69, 9.17) is 10.5 Å². The van der Waals surface area contributed by atoms with Gasteiger partial charge in [0.05, 0.1) is 6.61 Å². The smallest absolute Gasteiger partial charge is 0.124 e. The van der Waals surface area contributed by atoms with E-state index in [1.165, 1.54) is 12.1 Å². The topological polar surface area (TPSA) is 35.2 Å². The second-order valence-electron chi connectivity index (χ2n) is 3.31. The van der Waals surface area contributed by atoms with Gasteiger partial charge in [-0.2, -0.15) is 11.8 Å². The van der Waals surface area contributed by atoms with Gasteiger partial charge in [-0.05, 0) is 31.4 Å². The van der Waals surface area contributed by atoms with E-state index in [-0.39, 0.29) is 11.9 Å². The van der Waals surface area contributed by atoms with Gasteiger partial charge in [-0.1, -0.05) is 0 Å². The minimum absolute atomic E-state index is 0.218. The molecular weight excluding hydrogens is 213 g/mol. The third kappa shape index (κ3) is 3.72. The second kappa shape index (κ2) is 5.98. The summed E-state index contributed by atoms with van der Waals surface area (Å²) in [7, 11) is 0. The monoisotopic (exact) mass is 229 g/mol. The maximum atomic E-state index is 13.0. The van der Waals surface area contributed by atoms with Crippen LogP contribution in [0.2, 0.25) is 0 Å². The lowest BCUT2D eigenvalue weighted by Crippen LogP contribution is -2.09. The third-order valence-corrected chi connectivity index (χ3v) is 2.58. The molecule has 1 aromatic rings. The predicted octanol–water partition coefficient (Wildman–Crippen LogP) is 2.59. The van der Waals surface area contributed by atoms with E-state index in [9.17, 15) is 4.39 Å². The van der Waals surface area contributed by atoms with Crippen molar-refractivity contribution in [3.63, 3.8) is 0 Å². The molecule has 2 N–H and O–H groups in total. The minimum atomic E-state index is -0.278. The molecule has 15 heavy (non-hydrogen) atoms. The summed E-state index contributed by atoms with van der Waals surface area (Å²) >= 11 is 1.71. The van der Waals surface area contributed by atoms with Gasteiger partial charge in [-0.15, -0.1) is 0 Å². The van der Waals surface area contributed by atoms with Crippen molar-refractivity contribution in [3.05, 3.63) is 29.6 Å². The van der Waals surface area contributed by atoms with Crippen LogP contribution in [-0.2, 0) is 0 Å². The first-order chi connectivity index (χ1) is 7.15. The van der Waals surface area contributed by atoms with Gasteiger partial charge in [0.25, 0.3) is 0 Å². The largest absolute Gasteiger partial charge is 0.492 e. The minimum Gasteiger partial charge on any atom is -0.492 e. The molecule has 0 radical (unpaired) electrons. The van der Waals surface area contributed by atoms with Crippen molar-refractivity contribution in [1.29, 1.82) is 0 Å². The molecule has 2 nitrogen and oxygen atoms in total. The maximum Gasteiger partial charge on any atom is 0.124 e. The lowest BCUT2D eigenvalue weighted by Gasteiger charge is -2.13. The number of benzene rings is 1. The molecule has 1 atom stereocenters. The first-order valence-electron chi connectivity index (χ1n) is 4.82. The normalized spacial score (nSPS) is 12.5. The summed E-state index contributed by atoms with van der Waals surface area (Å²) in [6.07, 6.45) is 2.01. The number of rotatable bonds is 5. The standard InChI is InChI=1S/C11H16FNOS/c1-8(13)10-7-9(12)3-4-11(10)14-5-6-15-2/h3-4,7-8H,5-6,13H2,1-2H3/t8-/m0/s1. The Morgan fingerprint density at radius 2 is 2.27 bits per heavy atom. The van der Waals surface area contributed by atoms with Gasteiger partial charge < -0.3 is 10.5 Å². The Morgan fingerprint density at radius 1 is 1.53 bits per heavy atom. The van der Waals surface area contributed by atoms with Gasteiger partial charge >= 0.3 is 0 Å². The van der Waals surface area contributed by atoms with Gasteiger partial charge in [0, 0.05) is 17.4 Å². The molecule has 4 heteroatoms. The fourth-order valence-electron chi connectivity index (χ4n) is 1.24. The summed E-state index contributed by atoms with van der Waals surface area (Å²) in [6, 6.07) is 4.23. The van der Waals surface area contributed by atoms with E-state index < -0.39 is 0 Å². The highest BCUT2D eigenvalue weighted by Crippen LogP contribution is 2.24. The molecular formula is C11H16FNOS. The van der Waals surface area contributed by atoms with E-state index in [2.05, 4.69) is 0 Å². The zero-order chi connectivity index (χ0) is 11.3. The van der Waals surface area contributed by atoms with Crippen molar-refractivity contribution < 1.29 is 9.13 Å². The molecule has 0 fully saturated rings. The summed E-state index contributed by atoms with van der Waals surface area (Å²) in [5.41, 5.74) is 6.45. The SMILES string of the molecule is CSCCOc1ccc(F)cc1[C@H](C)N. The van der Waals surface area contributed by atoms with Crippen LogP contribution in [0, 0.1) is 5.82 Å².